The summed E-state index contributed by atoms with van der Waals surface area (Å²) in [6.07, 6.45) is 6.53. The van der Waals surface area contributed by atoms with Gasteiger partial charge in [0.15, 0.2) is 0 Å². The molecule has 0 aliphatic heterocycles. The normalized spacial score (nSPS) is 17.3. The third kappa shape index (κ3) is 3.22. The molecule has 1 atom stereocenters. The van der Waals surface area contributed by atoms with Gasteiger partial charge in [-0.05, 0) is 37.2 Å². The first-order valence-electron chi connectivity index (χ1n) is 7.94. The predicted octanol–water partition coefficient (Wildman–Crippen LogP) is 4.32. The molecule has 0 spiro atoms. The minimum absolute atomic E-state index is 0.0355. The molecule has 2 aromatic heterocycles. The zero-order chi connectivity index (χ0) is 15.5. The average Bonchev–Trinajstić information content (AvgIpc) is 3.13. The van der Waals surface area contributed by atoms with Crippen molar-refractivity contribution in [3.05, 3.63) is 26.4 Å². The largest absolute Gasteiger partial charge is 0.296 e. The van der Waals surface area contributed by atoms with Crippen LogP contribution in [0.5, 0.6) is 0 Å². The van der Waals surface area contributed by atoms with Crippen LogP contribution in [0.3, 0.4) is 0 Å². The topological polar surface area (TPSA) is 54.9 Å². The lowest BCUT2D eigenvalue weighted by Crippen LogP contribution is -2.17. The van der Waals surface area contributed by atoms with Crippen molar-refractivity contribution in [2.24, 2.45) is 5.92 Å². The molecule has 0 fully saturated rings. The van der Waals surface area contributed by atoms with Crippen molar-refractivity contribution >= 4 is 33.7 Å². The lowest BCUT2D eigenvalue weighted by atomic mass is 9.86. The minimum atomic E-state index is -0.0355. The van der Waals surface area contributed by atoms with E-state index in [0.29, 0.717) is 5.13 Å². The first-order chi connectivity index (χ1) is 10.7. The fraction of sp³-hybridized carbons (Fsp3) is 0.562. The fourth-order valence-electron chi connectivity index (χ4n) is 2.90. The van der Waals surface area contributed by atoms with E-state index in [2.05, 4.69) is 29.4 Å². The zero-order valence-electron chi connectivity index (χ0n) is 13.0. The van der Waals surface area contributed by atoms with Crippen molar-refractivity contribution in [1.29, 1.82) is 0 Å². The predicted molar refractivity (Wildman–Crippen MR) is 92.0 cm³/mol. The van der Waals surface area contributed by atoms with Crippen molar-refractivity contribution < 1.29 is 4.79 Å². The lowest BCUT2D eigenvalue weighted by Gasteiger charge is -2.21. The van der Waals surface area contributed by atoms with Crippen LogP contribution in [0.1, 0.15) is 58.9 Å². The van der Waals surface area contributed by atoms with E-state index in [4.69, 9.17) is 0 Å². The Hall–Kier alpha value is -1.27. The molecule has 3 rings (SSSR count). The van der Waals surface area contributed by atoms with Crippen LogP contribution in [0.25, 0.3) is 0 Å². The third-order valence-electron chi connectivity index (χ3n) is 4.23. The van der Waals surface area contributed by atoms with Crippen LogP contribution < -0.4 is 5.32 Å². The van der Waals surface area contributed by atoms with Crippen molar-refractivity contribution in [3.63, 3.8) is 0 Å². The first-order valence-corrected chi connectivity index (χ1v) is 9.63. The quantitative estimate of drug-likeness (QED) is 0.885. The Balaban J connectivity index is 1.71. The third-order valence-corrected chi connectivity index (χ3v) is 6.18. The molecule has 1 amide bonds. The van der Waals surface area contributed by atoms with Crippen LogP contribution >= 0.6 is 22.7 Å². The zero-order valence-corrected chi connectivity index (χ0v) is 14.6. The van der Waals surface area contributed by atoms with E-state index in [9.17, 15) is 4.79 Å². The van der Waals surface area contributed by atoms with E-state index in [1.807, 2.05) is 5.38 Å². The van der Waals surface area contributed by atoms with Gasteiger partial charge in [0.1, 0.15) is 5.01 Å². The molecule has 0 aromatic carbocycles. The molecule has 1 aliphatic rings. The van der Waals surface area contributed by atoms with Crippen molar-refractivity contribution in [2.75, 3.05) is 5.32 Å². The Morgan fingerprint density at radius 3 is 3.05 bits per heavy atom. The number of nitrogens with zero attached hydrogens (tertiary/aromatic N) is 2. The van der Waals surface area contributed by atoms with Crippen LogP contribution in [0.2, 0.25) is 0 Å². The highest BCUT2D eigenvalue weighted by molar-refractivity contribution is 7.15. The Kier molecular flexibility index (Phi) is 4.88. The summed E-state index contributed by atoms with van der Waals surface area (Å²) in [5.41, 5.74) is 2.09. The second kappa shape index (κ2) is 6.87. The number of hydrogen-bond acceptors (Lipinski definition) is 5. The number of fused-ring (bicyclic) bond motifs is 1. The number of aromatic nitrogens is 2. The Morgan fingerprint density at radius 2 is 2.27 bits per heavy atom. The van der Waals surface area contributed by atoms with Gasteiger partial charge in [0, 0.05) is 16.7 Å². The van der Waals surface area contributed by atoms with Gasteiger partial charge in [-0.1, -0.05) is 31.6 Å². The van der Waals surface area contributed by atoms with E-state index < -0.39 is 0 Å². The number of nitrogens with one attached hydrogen (secondary N) is 1. The Morgan fingerprint density at radius 1 is 1.41 bits per heavy atom. The van der Waals surface area contributed by atoms with Gasteiger partial charge in [-0.25, -0.2) is 0 Å². The molecular formula is C16H21N3OS2. The monoisotopic (exact) mass is 335 g/mol. The number of hydrogen-bond donors (Lipinski definition) is 1. The number of thiophene rings is 1. The number of rotatable bonds is 5. The summed E-state index contributed by atoms with van der Waals surface area (Å²) in [6, 6.07) is 0. The molecule has 0 saturated heterocycles. The SMILES string of the molecule is CCCc1nnc(NC(=O)c2csc3c2CCC(CC)C3)s1. The summed E-state index contributed by atoms with van der Waals surface area (Å²) < 4.78 is 0. The molecule has 2 heterocycles. The van der Waals surface area contributed by atoms with Gasteiger partial charge in [-0.15, -0.1) is 21.5 Å². The second-order valence-electron chi connectivity index (χ2n) is 5.77. The Labute approximate surface area is 139 Å². The molecule has 0 radical (unpaired) electrons. The molecule has 118 valence electrons. The summed E-state index contributed by atoms with van der Waals surface area (Å²) in [5, 5.41) is 14.7. The van der Waals surface area contributed by atoms with Gasteiger partial charge in [0.2, 0.25) is 5.13 Å². The molecule has 0 bridgehead atoms. The van der Waals surface area contributed by atoms with E-state index in [0.717, 1.165) is 42.2 Å². The maximum absolute atomic E-state index is 12.5. The van der Waals surface area contributed by atoms with Gasteiger partial charge in [0.25, 0.3) is 5.91 Å². The van der Waals surface area contributed by atoms with Crippen molar-refractivity contribution in [3.8, 4) is 0 Å². The summed E-state index contributed by atoms with van der Waals surface area (Å²) in [7, 11) is 0. The summed E-state index contributed by atoms with van der Waals surface area (Å²) in [6.45, 7) is 4.36. The van der Waals surface area contributed by atoms with Gasteiger partial charge in [0.05, 0.1) is 5.56 Å². The molecule has 6 heteroatoms. The molecule has 0 saturated carbocycles. The fourth-order valence-corrected chi connectivity index (χ4v) is 4.94. The van der Waals surface area contributed by atoms with Crippen molar-refractivity contribution in [2.45, 2.75) is 52.4 Å². The number of anilines is 1. The highest BCUT2D eigenvalue weighted by Gasteiger charge is 2.24. The molecule has 4 nitrogen and oxygen atoms in total. The number of carbonyl (C=O) groups is 1. The maximum atomic E-state index is 12.5. The van der Waals surface area contributed by atoms with Crippen LogP contribution in [-0.4, -0.2) is 16.1 Å². The van der Waals surface area contributed by atoms with Crippen LogP contribution in [0.4, 0.5) is 5.13 Å². The highest BCUT2D eigenvalue weighted by Crippen LogP contribution is 2.34. The van der Waals surface area contributed by atoms with Crippen LogP contribution in [-0.2, 0) is 19.3 Å². The molecule has 1 N–H and O–H groups in total. The standard InChI is InChI=1S/C16H21N3OS2/c1-3-5-14-18-19-16(22-14)17-15(20)12-9-21-13-8-10(4-2)6-7-11(12)13/h9-10H,3-8H2,1-2H3,(H,17,19,20). The summed E-state index contributed by atoms with van der Waals surface area (Å²) in [4.78, 5) is 13.9. The Bertz CT molecular complexity index is 662. The van der Waals surface area contributed by atoms with Crippen LogP contribution in [0, 0.1) is 5.92 Å². The van der Waals surface area contributed by atoms with E-state index >= 15 is 0 Å². The highest BCUT2D eigenvalue weighted by atomic mass is 32.1. The van der Waals surface area contributed by atoms with Gasteiger partial charge in [-0.3, -0.25) is 10.1 Å². The summed E-state index contributed by atoms with van der Waals surface area (Å²) >= 11 is 3.20. The molecular weight excluding hydrogens is 314 g/mol. The molecule has 22 heavy (non-hydrogen) atoms. The van der Waals surface area contributed by atoms with E-state index in [1.54, 1.807) is 11.3 Å². The minimum Gasteiger partial charge on any atom is -0.296 e. The molecule has 1 unspecified atom stereocenters. The smallest absolute Gasteiger partial charge is 0.258 e. The lowest BCUT2D eigenvalue weighted by molar-refractivity contribution is 0.102. The van der Waals surface area contributed by atoms with Gasteiger partial charge >= 0.3 is 0 Å². The molecule has 2 aromatic rings. The van der Waals surface area contributed by atoms with Gasteiger partial charge < -0.3 is 0 Å². The van der Waals surface area contributed by atoms with Crippen molar-refractivity contribution in [1.82, 2.24) is 10.2 Å². The van der Waals surface area contributed by atoms with Crippen LogP contribution in [0.15, 0.2) is 5.38 Å². The number of amides is 1. The maximum Gasteiger partial charge on any atom is 0.258 e. The first kappa shape index (κ1) is 15.6. The van der Waals surface area contributed by atoms with Gasteiger partial charge in [-0.2, -0.15) is 0 Å². The number of carbonyl (C=O) groups excluding carboxylic acids is 1. The van der Waals surface area contributed by atoms with E-state index in [1.165, 1.54) is 34.6 Å². The second-order valence-corrected chi connectivity index (χ2v) is 7.80. The molecule has 1 aliphatic carbocycles. The number of aryl methyl sites for hydroxylation is 1. The average molecular weight is 335 g/mol. The van der Waals surface area contributed by atoms with E-state index in [-0.39, 0.29) is 5.91 Å². The summed E-state index contributed by atoms with van der Waals surface area (Å²) in [5.74, 6) is 0.744.